The van der Waals surface area contributed by atoms with Gasteiger partial charge in [-0.05, 0) is 0 Å². The maximum Gasteiger partial charge on any atom is 0.0346 e. The normalized spacial score (nSPS) is 30.3. The maximum atomic E-state index is 4.31. The minimum absolute atomic E-state index is 0.817. The molecule has 2 saturated heterocycles. The van der Waals surface area contributed by atoms with E-state index in [-0.39, 0.29) is 0 Å². The van der Waals surface area contributed by atoms with Gasteiger partial charge in [0.1, 0.15) is 0 Å². The molecule has 2 rings (SSSR count). The second kappa shape index (κ2) is 3.31. The second-order valence-corrected chi connectivity index (χ2v) is 3.87. The van der Waals surface area contributed by atoms with E-state index in [9.17, 15) is 0 Å². The summed E-state index contributed by atoms with van der Waals surface area (Å²) in [6, 6.07) is 0.817. The molecule has 2 heterocycles. The first-order valence-corrected chi connectivity index (χ1v) is 4.65. The SMILES string of the molecule is SN1CCN(C2CNC2)CC1. The first kappa shape index (κ1) is 7.86. The molecule has 0 bridgehead atoms. The van der Waals surface area contributed by atoms with Crippen molar-refractivity contribution in [3.63, 3.8) is 0 Å². The monoisotopic (exact) mass is 173 g/mol. The third kappa shape index (κ3) is 1.69. The second-order valence-electron chi connectivity index (χ2n) is 3.30. The van der Waals surface area contributed by atoms with E-state index in [0.29, 0.717) is 0 Å². The van der Waals surface area contributed by atoms with E-state index < -0.39 is 0 Å². The minimum atomic E-state index is 0.817. The van der Waals surface area contributed by atoms with Gasteiger partial charge in [-0.1, -0.05) is 12.8 Å². The summed E-state index contributed by atoms with van der Waals surface area (Å²) >= 11 is 4.31. The Balaban J connectivity index is 1.77. The summed E-state index contributed by atoms with van der Waals surface area (Å²) in [5, 5.41) is 3.30. The van der Waals surface area contributed by atoms with Gasteiger partial charge in [0.2, 0.25) is 0 Å². The first-order chi connectivity index (χ1) is 5.36. The van der Waals surface area contributed by atoms with Gasteiger partial charge in [0, 0.05) is 45.3 Å². The molecule has 64 valence electrons. The zero-order valence-electron chi connectivity index (χ0n) is 6.66. The molecule has 0 aromatic rings. The molecule has 11 heavy (non-hydrogen) atoms. The Morgan fingerprint density at radius 3 is 2.18 bits per heavy atom. The van der Waals surface area contributed by atoms with Gasteiger partial charge in [-0.25, -0.2) is 0 Å². The quantitative estimate of drug-likeness (QED) is 0.517. The number of thiol groups is 1. The van der Waals surface area contributed by atoms with Crippen LogP contribution >= 0.6 is 12.8 Å². The average Bonchev–Trinajstić information content (AvgIpc) is 1.90. The highest BCUT2D eigenvalue weighted by molar-refractivity contribution is 7.77. The van der Waals surface area contributed by atoms with E-state index in [1.54, 1.807) is 0 Å². The van der Waals surface area contributed by atoms with Gasteiger partial charge in [0.15, 0.2) is 0 Å². The molecule has 0 aromatic carbocycles. The van der Waals surface area contributed by atoms with Gasteiger partial charge in [-0.3, -0.25) is 9.21 Å². The zero-order valence-corrected chi connectivity index (χ0v) is 7.56. The Bertz CT molecular complexity index is 130. The topological polar surface area (TPSA) is 18.5 Å². The fraction of sp³-hybridized carbons (Fsp3) is 1.00. The molecule has 0 unspecified atom stereocenters. The van der Waals surface area contributed by atoms with Crippen molar-refractivity contribution in [2.24, 2.45) is 0 Å². The van der Waals surface area contributed by atoms with Gasteiger partial charge in [-0.15, -0.1) is 0 Å². The summed E-state index contributed by atoms with van der Waals surface area (Å²) in [6.07, 6.45) is 0. The fourth-order valence-electron chi connectivity index (χ4n) is 1.61. The fourth-order valence-corrected chi connectivity index (χ4v) is 1.79. The molecule has 0 spiro atoms. The molecule has 2 aliphatic heterocycles. The summed E-state index contributed by atoms with van der Waals surface area (Å²) in [5.74, 6) is 0. The standard InChI is InChI=1S/C7H15N3S/c11-10-3-1-9(2-4-10)7-5-8-6-7/h7-8,11H,1-6H2. The van der Waals surface area contributed by atoms with E-state index in [2.05, 4.69) is 27.3 Å². The largest absolute Gasteiger partial charge is 0.314 e. The maximum absolute atomic E-state index is 4.31. The van der Waals surface area contributed by atoms with Crippen molar-refractivity contribution in [3.8, 4) is 0 Å². The van der Waals surface area contributed by atoms with Crippen molar-refractivity contribution in [1.82, 2.24) is 14.5 Å². The third-order valence-corrected chi connectivity index (χ3v) is 2.97. The number of piperazine rings is 1. The molecule has 0 aromatic heterocycles. The van der Waals surface area contributed by atoms with Gasteiger partial charge in [-0.2, -0.15) is 0 Å². The molecule has 4 heteroatoms. The Morgan fingerprint density at radius 1 is 1.09 bits per heavy atom. The van der Waals surface area contributed by atoms with Crippen molar-refractivity contribution < 1.29 is 0 Å². The predicted octanol–water partition coefficient (Wildman–Crippen LogP) is -0.579. The highest BCUT2D eigenvalue weighted by Crippen LogP contribution is 2.09. The van der Waals surface area contributed by atoms with Crippen molar-refractivity contribution >= 4 is 12.8 Å². The highest BCUT2D eigenvalue weighted by Gasteiger charge is 2.26. The van der Waals surface area contributed by atoms with E-state index in [1.807, 2.05) is 0 Å². The van der Waals surface area contributed by atoms with E-state index >= 15 is 0 Å². The van der Waals surface area contributed by atoms with Crippen LogP contribution < -0.4 is 5.32 Å². The lowest BCUT2D eigenvalue weighted by Gasteiger charge is -2.42. The van der Waals surface area contributed by atoms with Crippen LogP contribution in [0.15, 0.2) is 0 Å². The van der Waals surface area contributed by atoms with Crippen molar-refractivity contribution in [3.05, 3.63) is 0 Å². The molecule has 2 aliphatic rings. The van der Waals surface area contributed by atoms with E-state index in [0.717, 1.165) is 19.1 Å². The summed E-state index contributed by atoms with van der Waals surface area (Å²) in [6.45, 7) is 6.98. The number of rotatable bonds is 1. The van der Waals surface area contributed by atoms with Crippen molar-refractivity contribution in [1.29, 1.82) is 0 Å². The lowest BCUT2D eigenvalue weighted by molar-refractivity contribution is 0.107. The number of hydrogen-bond donors (Lipinski definition) is 2. The van der Waals surface area contributed by atoms with Gasteiger partial charge < -0.3 is 5.32 Å². The molecule has 0 radical (unpaired) electrons. The lowest BCUT2D eigenvalue weighted by atomic mass is 10.1. The minimum Gasteiger partial charge on any atom is -0.314 e. The Labute approximate surface area is 73.3 Å². The smallest absolute Gasteiger partial charge is 0.0346 e. The number of nitrogens with one attached hydrogen (secondary N) is 1. The highest BCUT2D eigenvalue weighted by atomic mass is 32.1. The molecule has 1 N–H and O–H groups in total. The van der Waals surface area contributed by atoms with Crippen LogP contribution in [0.4, 0.5) is 0 Å². The Kier molecular flexibility index (Phi) is 2.36. The Hall–Kier alpha value is 0.230. The lowest BCUT2D eigenvalue weighted by Crippen LogP contribution is -2.60. The van der Waals surface area contributed by atoms with Crippen molar-refractivity contribution in [2.75, 3.05) is 39.3 Å². The van der Waals surface area contributed by atoms with Crippen LogP contribution in [0.5, 0.6) is 0 Å². The molecule has 3 nitrogen and oxygen atoms in total. The van der Waals surface area contributed by atoms with E-state index in [1.165, 1.54) is 26.2 Å². The summed E-state index contributed by atoms with van der Waals surface area (Å²) in [7, 11) is 0. The predicted molar refractivity (Wildman–Crippen MR) is 48.8 cm³/mol. The third-order valence-electron chi connectivity index (χ3n) is 2.57. The molecule has 0 atom stereocenters. The molecular weight excluding hydrogens is 158 g/mol. The van der Waals surface area contributed by atoms with Gasteiger partial charge in [0.25, 0.3) is 0 Å². The zero-order chi connectivity index (χ0) is 7.68. The van der Waals surface area contributed by atoms with Gasteiger partial charge >= 0.3 is 0 Å². The van der Waals surface area contributed by atoms with Crippen molar-refractivity contribution in [2.45, 2.75) is 6.04 Å². The van der Waals surface area contributed by atoms with Crippen LogP contribution in [0.25, 0.3) is 0 Å². The molecule has 0 saturated carbocycles. The molecular formula is C7H15N3S. The first-order valence-electron chi connectivity index (χ1n) is 4.25. The van der Waals surface area contributed by atoms with Crippen LogP contribution in [0.1, 0.15) is 0 Å². The van der Waals surface area contributed by atoms with Crippen LogP contribution in [-0.4, -0.2) is 54.5 Å². The molecule has 0 amide bonds. The number of nitrogens with zero attached hydrogens (tertiary/aromatic N) is 2. The van der Waals surface area contributed by atoms with Crippen LogP contribution in [0.2, 0.25) is 0 Å². The summed E-state index contributed by atoms with van der Waals surface area (Å²) in [5.41, 5.74) is 0. The Morgan fingerprint density at radius 2 is 1.73 bits per heavy atom. The number of hydrogen-bond acceptors (Lipinski definition) is 4. The van der Waals surface area contributed by atoms with Gasteiger partial charge in [0.05, 0.1) is 0 Å². The van der Waals surface area contributed by atoms with E-state index in [4.69, 9.17) is 0 Å². The summed E-state index contributed by atoms with van der Waals surface area (Å²) < 4.78 is 2.10. The van der Waals surface area contributed by atoms with Crippen LogP contribution in [-0.2, 0) is 0 Å². The van der Waals surface area contributed by atoms with Crippen LogP contribution in [0.3, 0.4) is 0 Å². The molecule has 0 aliphatic carbocycles. The van der Waals surface area contributed by atoms with Crippen LogP contribution in [0, 0.1) is 0 Å². The molecule has 2 fully saturated rings. The summed E-state index contributed by atoms with van der Waals surface area (Å²) in [4.78, 5) is 2.56. The average molecular weight is 173 g/mol.